The summed E-state index contributed by atoms with van der Waals surface area (Å²) in [7, 11) is 0. The van der Waals surface area contributed by atoms with E-state index in [4.69, 9.17) is 4.74 Å². The molecule has 7 nitrogen and oxygen atoms in total. The molecule has 0 saturated heterocycles. The lowest BCUT2D eigenvalue weighted by Crippen LogP contribution is -2.33. The number of hydrogen-bond donors (Lipinski definition) is 2. The molecule has 0 spiro atoms. The molecule has 2 rings (SSSR count). The Balaban J connectivity index is 2.28. The Morgan fingerprint density at radius 2 is 1.92 bits per heavy atom. The zero-order valence-electron chi connectivity index (χ0n) is 14.8. The fourth-order valence-corrected chi connectivity index (χ4v) is 2.40. The van der Waals surface area contributed by atoms with Crippen LogP contribution in [0.5, 0.6) is 11.6 Å². The fourth-order valence-electron chi connectivity index (χ4n) is 2.40. The average Bonchev–Trinajstić information content (AvgIpc) is 2.61. The molecule has 0 aliphatic rings. The first-order chi connectivity index (χ1) is 12.5. The van der Waals surface area contributed by atoms with Crippen molar-refractivity contribution in [3.8, 4) is 11.6 Å². The highest BCUT2D eigenvalue weighted by atomic mass is 16.5. The SMILES string of the molecule is CCCCn1c(O)c(C(=O)/C=C/c2ccc(OCC)cc2)c(=O)[nH]c1=O. The van der Waals surface area contributed by atoms with Crippen LogP contribution in [0.4, 0.5) is 0 Å². The van der Waals surface area contributed by atoms with Gasteiger partial charge in [0.25, 0.3) is 5.56 Å². The van der Waals surface area contributed by atoms with Crippen molar-refractivity contribution < 1.29 is 14.6 Å². The molecule has 26 heavy (non-hydrogen) atoms. The lowest BCUT2D eigenvalue weighted by Gasteiger charge is -2.09. The summed E-state index contributed by atoms with van der Waals surface area (Å²) in [5, 5.41) is 10.2. The molecule has 0 radical (unpaired) electrons. The zero-order valence-corrected chi connectivity index (χ0v) is 14.8. The van der Waals surface area contributed by atoms with Gasteiger partial charge in [0.2, 0.25) is 5.88 Å². The number of allylic oxidation sites excluding steroid dienone is 1. The Hall–Kier alpha value is -3.09. The standard InChI is InChI=1S/C19H22N2O5/c1-3-5-12-21-18(24)16(17(23)20-19(21)25)15(22)11-8-13-6-9-14(10-7-13)26-4-2/h6-11,24H,3-5,12H2,1-2H3,(H,20,23,25)/b11-8+. The molecule has 138 valence electrons. The molecule has 1 aromatic carbocycles. The van der Waals surface area contributed by atoms with Crippen LogP contribution in [0.15, 0.2) is 39.9 Å². The molecule has 1 heterocycles. The maximum Gasteiger partial charge on any atom is 0.331 e. The van der Waals surface area contributed by atoms with Crippen LogP contribution in [0.2, 0.25) is 0 Å². The van der Waals surface area contributed by atoms with Gasteiger partial charge >= 0.3 is 5.69 Å². The number of carbonyl (C=O) groups excluding carboxylic acids is 1. The minimum absolute atomic E-state index is 0.223. The second-order valence-corrected chi connectivity index (χ2v) is 5.66. The summed E-state index contributed by atoms with van der Waals surface area (Å²) in [5.74, 6) is -0.565. The highest BCUT2D eigenvalue weighted by Gasteiger charge is 2.18. The molecule has 0 bridgehead atoms. The monoisotopic (exact) mass is 358 g/mol. The van der Waals surface area contributed by atoms with Crippen molar-refractivity contribution in [2.24, 2.45) is 0 Å². The summed E-state index contributed by atoms with van der Waals surface area (Å²) in [6.07, 6.45) is 4.15. The lowest BCUT2D eigenvalue weighted by atomic mass is 10.1. The van der Waals surface area contributed by atoms with E-state index in [9.17, 15) is 19.5 Å². The first-order valence-corrected chi connectivity index (χ1v) is 8.49. The molecule has 2 aromatic rings. The normalized spacial score (nSPS) is 11.0. The lowest BCUT2D eigenvalue weighted by molar-refractivity contribution is 0.104. The van der Waals surface area contributed by atoms with Crippen LogP contribution in [0.25, 0.3) is 6.08 Å². The molecule has 0 atom stereocenters. The summed E-state index contributed by atoms with van der Waals surface area (Å²) in [6, 6.07) is 7.06. The summed E-state index contributed by atoms with van der Waals surface area (Å²) in [5.41, 5.74) is -1.34. The number of rotatable bonds is 8. The number of benzene rings is 1. The van der Waals surface area contributed by atoms with Gasteiger partial charge in [0.05, 0.1) is 6.61 Å². The number of aromatic nitrogens is 2. The van der Waals surface area contributed by atoms with Gasteiger partial charge in [-0.05, 0) is 37.1 Å². The average molecular weight is 358 g/mol. The molecule has 0 unspecified atom stereocenters. The molecule has 1 aromatic heterocycles. The number of ether oxygens (including phenoxy) is 1. The predicted octanol–water partition coefficient (Wildman–Crippen LogP) is 2.34. The van der Waals surface area contributed by atoms with Gasteiger partial charge in [0.1, 0.15) is 11.3 Å². The number of nitrogens with zero attached hydrogens (tertiary/aromatic N) is 1. The number of aromatic amines is 1. The van der Waals surface area contributed by atoms with Crippen molar-refractivity contribution in [1.29, 1.82) is 0 Å². The van der Waals surface area contributed by atoms with E-state index in [0.29, 0.717) is 18.8 Å². The summed E-state index contributed by atoms with van der Waals surface area (Å²) < 4.78 is 6.34. The smallest absolute Gasteiger partial charge is 0.331 e. The van der Waals surface area contributed by atoms with Crippen molar-refractivity contribution in [2.75, 3.05) is 6.61 Å². The largest absolute Gasteiger partial charge is 0.494 e. The zero-order chi connectivity index (χ0) is 19.1. The van der Waals surface area contributed by atoms with Crippen LogP contribution in [0, 0.1) is 0 Å². The molecule has 0 aliphatic carbocycles. The van der Waals surface area contributed by atoms with E-state index in [1.165, 1.54) is 12.2 Å². The van der Waals surface area contributed by atoms with Gasteiger partial charge in [-0.25, -0.2) is 4.79 Å². The Bertz CT molecular complexity index is 907. The minimum Gasteiger partial charge on any atom is -0.494 e. The van der Waals surface area contributed by atoms with Crippen LogP contribution in [0.3, 0.4) is 0 Å². The van der Waals surface area contributed by atoms with Crippen molar-refractivity contribution in [3.63, 3.8) is 0 Å². The second-order valence-electron chi connectivity index (χ2n) is 5.66. The maximum atomic E-state index is 12.4. The van der Waals surface area contributed by atoms with Crippen molar-refractivity contribution in [3.05, 3.63) is 62.3 Å². The Morgan fingerprint density at radius 1 is 1.23 bits per heavy atom. The Labute approximate surface area is 150 Å². The second kappa shape index (κ2) is 8.84. The van der Waals surface area contributed by atoms with Crippen LogP contribution in [-0.2, 0) is 6.54 Å². The van der Waals surface area contributed by atoms with Gasteiger partial charge in [0.15, 0.2) is 5.78 Å². The van der Waals surface area contributed by atoms with Gasteiger partial charge in [-0.2, -0.15) is 0 Å². The van der Waals surface area contributed by atoms with Gasteiger partial charge in [-0.3, -0.25) is 19.1 Å². The number of ketones is 1. The molecular formula is C19H22N2O5. The van der Waals surface area contributed by atoms with Gasteiger partial charge in [-0.15, -0.1) is 0 Å². The van der Waals surface area contributed by atoms with E-state index < -0.39 is 28.5 Å². The highest BCUT2D eigenvalue weighted by molar-refractivity contribution is 6.08. The number of hydrogen-bond acceptors (Lipinski definition) is 5. The van der Waals surface area contributed by atoms with Gasteiger partial charge in [0, 0.05) is 6.54 Å². The van der Waals surface area contributed by atoms with Crippen LogP contribution in [-0.4, -0.2) is 27.0 Å². The van der Waals surface area contributed by atoms with Crippen molar-refractivity contribution in [2.45, 2.75) is 33.2 Å². The van der Waals surface area contributed by atoms with Gasteiger partial charge in [-0.1, -0.05) is 31.6 Å². The maximum absolute atomic E-state index is 12.4. The molecule has 0 fully saturated rings. The van der Waals surface area contributed by atoms with Crippen molar-refractivity contribution in [1.82, 2.24) is 9.55 Å². The molecule has 0 aliphatic heterocycles. The third kappa shape index (κ3) is 4.50. The Morgan fingerprint density at radius 3 is 2.54 bits per heavy atom. The molecule has 7 heteroatoms. The van der Waals surface area contributed by atoms with Gasteiger partial charge < -0.3 is 9.84 Å². The van der Waals surface area contributed by atoms with Crippen LogP contribution < -0.4 is 16.0 Å². The van der Waals surface area contributed by atoms with E-state index in [-0.39, 0.29) is 6.54 Å². The van der Waals surface area contributed by atoms with E-state index in [2.05, 4.69) is 4.98 Å². The number of unbranched alkanes of at least 4 members (excludes halogenated alkanes) is 1. The number of carbonyl (C=O) groups is 1. The van der Waals surface area contributed by atoms with E-state index >= 15 is 0 Å². The summed E-state index contributed by atoms with van der Waals surface area (Å²) >= 11 is 0. The molecular weight excluding hydrogens is 336 g/mol. The highest BCUT2D eigenvalue weighted by Crippen LogP contribution is 2.15. The van der Waals surface area contributed by atoms with Crippen LogP contribution >= 0.6 is 0 Å². The summed E-state index contributed by atoms with van der Waals surface area (Å²) in [6.45, 7) is 4.60. The fraction of sp³-hybridized carbons (Fsp3) is 0.316. The first-order valence-electron chi connectivity index (χ1n) is 8.49. The molecule has 0 saturated carbocycles. The van der Waals surface area contributed by atoms with E-state index in [1.54, 1.807) is 24.3 Å². The minimum atomic E-state index is -0.901. The first kappa shape index (κ1) is 19.2. The predicted molar refractivity (Wildman–Crippen MR) is 98.9 cm³/mol. The number of H-pyrrole nitrogens is 1. The third-order valence-electron chi connectivity index (χ3n) is 3.77. The number of nitrogens with one attached hydrogen (secondary N) is 1. The molecule has 2 N–H and O–H groups in total. The van der Waals surface area contributed by atoms with Crippen molar-refractivity contribution >= 4 is 11.9 Å². The quantitative estimate of drug-likeness (QED) is 0.557. The summed E-state index contributed by atoms with van der Waals surface area (Å²) in [4.78, 5) is 38.2. The van der Waals surface area contributed by atoms with E-state index in [0.717, 1.165) is 16.6 Å². The molecule has 0 amide bonds. The number of aromatic hydroxyl groups is 1. The Kier molecular flexibility index (Phi) is 6.54. The third-order valence-corrected chi connectivity index (χ3v) is 3.77. The topological polar surface area (TPSA) is 101 Å². The van der Waals surface area contributed by atoms with Crippen LogP contribution in [0.1, 0.15) is 42.6 Å². The van der Waals surface area contributed by atoms with E-state index in [1.807, 2.05) is 13.8 Å².